The molecule has 7 nitrogen and oxygen atoms in total. The van der Waals surface area contributed by atoms with Gasteiger partial charge in [-0.15, -0.1) is 0 Å². The van der Waals surface area contributed by atoms with E-state index >= 15 is 0 Å². The molecule has 0 aromatic heterocycles. The van der Waals surface area contributed by atoms with Crippen LogP contribution in [-0.4, -0.2) is 75.9 Å². The number of hydrogen-bond donors (Lipinski definition) is 4. The minimum Gasteiger partial charge on any atom is -0.379 e. The van der Waals surface area contributed by atoms with Crippen LogP contribution in [0.25, 0.3) is 0 Å². The molecule has 0 radical (unpaired) electrons. The molecule has 0 saturated carbocycles. The highest BCUT2D eigenvalue weighted by Gasteiger charge is 2.43. The second kappa shape index (κ2) is 7.31. The summed E-state index contributed by atoms with van der Waals surface area (Å²) in [7, 11) is 2.29. The molecule has 4 rings (SSSR count). The van der Waals surface area contributed by atoms with Crippen LogP contribution in [0.5, 0.6) is 0 Å². The lowest BCUT2D eigenvalue weighted by Crippen LogP contribution is -3.12. The van der Waals surface area contributed by atoms with E-state index < -0.39 is 0 Å². The van der Waals surface area contributed by atoms with Gasteiger partial charge in [-0.3, -0.25) is 10.2 Å². The zero-order valence-corrected chi connectivity index (χ0v) is 14.3. The summed E-state index contributed by atoms with van der Waals surface area (Å²) in [4.78, 5) is 10.1. The lowest BCUT2D eigenvalue weighted by molar-refractivity contribution is -0.896. The second-order valence-corrected chi connectivity index (χ2v) is 7.67. The van der Waals surface area contributed by atoms with Gasteiger partial charge in [0.05, 0.1) is 39.5 Å². The maximum absolute atomic E-state index is 5.89. The summed E-state index contributed by atoms with van der Waals surface area (Å²) in [5, 5.41) is 6.25. The van der Waals surface area contributed by atoms with Gasteiger partial charge in [-0.1, -0.05) is 0 Å². The van der Waals surface area contributed by atoms with E-state index in [1.165, 1.54) is 38.8 Å². The van der Waals surface area contributed by atoms with Gasteiger partial charge in [0.25, 0.3) is 0 Å². The maximum Gasteiger partial charge on any atom is 0.183 e. The fourth-order valence-corrected chi connectivity index (χ4v) is 4.76. The fraction of sp³-hybridized carbons (Fsp3) is 1.00. The van der Waals surface area contributed by atoms with Crippen LogP contribution in [0, 0.1) is 5.92 Å². The van der Waals surface area contributed by atoms with Crippen molar-refractivity contribution in [2.24, 2.45) is 5.92 Å². The van der Waals surface area contributed by atoms with E-state index in [9.17, 15) is 0 Å². The highest BCUT2D eigenvalue weighted by atomic mass is 16.7. The van der Waals surface area contributed by atoms with Gasteiger partial charge in [-0.2, -0.15) is 5.48 Å². The number of hydroxylamine groups is 1. The molecule has 4 aliphatic rings. The van der Waals surface area contributed by atoms with Gasteiger partial charge in [0.2, 0.25) is 0 Å². The molecule has 4 aliphatic heterocycles. The summed E-state index contributed by atoms with van der Waals surface area (Å²) in [6, 6.07) is 0.598. The number of rotatable bonds is 3. The van der Waals surface area contributed by atoms with Crippen molar-refractivity contribution in [2.45, 2.75) is 50.3 Å². The van der Waals surface area contributed by atoms with E-state index in [-0.39, 0.29) is 6.23 Å². The first kappa shape index (κ1) is 16.2. The van der Waals surface area contributed by atoms with Crippen molar-refractivity contribution in [1.82, 2.24) is 15.7 Å². The van der Waals surface area contributed by atoms with Crippen molar-refractivity contribution in [3.8, 4) is 0 Å². The van der Waals surface area contributed by atoms with E-state index in [1.807, 2.05) is 0 Å². The molecule has 4 saturated heterocycles. The third kappa shape index (κ3) is 3.56. The van der Waals surface area contributed by atoms with E-state index in [2.05, 4.69) is 28.1 Å². The third-order valence-electron chi connectivity index (χ3n) is 6.28. The molecule has 0 amide bonds. The Morgan fingerprint density at radius 3 is 2.74 bits per heavy atom. The van der Waals surface area contributed by atoms with E-state index in [0.29, 0.717) is 24.3 Å². The Bertz CT molecular complexity index is 385. The second-order valence-electron chi connectivity index (χ2n) is 7.67. The summed E-state index contributed by atoms with van der Waals surface area (Å²) in [6.45, 7) is 6.42. The number of ether oxygens (including phenoxy) is 1. The quantitative estimate of drug-likeness (QED) is 0.447. The molecule has 4 fully saturated rings. The first-order valence-corrected chi connectivity index (χ1v) is 9.46. The van der Waals surface area contributed by atoms with Gasteiger partial charge in [0.1, 0.15) is 12.2 Å². The predicted octanol–water partition coefficient (Wildman–Crippen LogP) is -2.93. The molecule has 0 aromatic rings. The molecule has 5 unspecified atom stereocenters. The Morgan fingerprint density at radius 1 is 1.17 bits per heavy atom. The number of morpholine rings is 1. The van der Waals surface area contributed by atoms with Crippen molar-refractivity contribution in [2.75, 3.05) is 46.4 Å². The van der Waals surface area contributed by atoms with Gasteiger partial charge in [0, 0.05) is 38.3 Å². The molecular formula is C16H33N5O2+2. The predicted molar refractivity (Wildman–Crippen MR) is 85.4 cm³/mol. The van der Waals surface area contributed by atoms with Crippen LogP contribution in [0.4, 0.5) is 0 Å². The monoisotopic (exact) mass is 327 g/mol. The topological polar surface area (TPSA) is 66.8 Å². The lowest BCUT2D eigenvalue weighted by atomic mass is 9.94. The number of piperidine rings is 1. The molecule has 5 N–H and O–H groups in total. The Labute approximate surface area is 139 Å². The van der Waals surface area contributed by atoms with Crippen LogP contribution in [0.15, 0.2) is 0 Å². The molecule has 23 heavy (non-hydrogen) atoms. The van der Waals surface area contributed by atoms with Gasteiger partial charge >= 0.3 is 0 Å². The van der Waals surface area contributed by atoms with Crippen molar-refractivity contribution in [3.63, 3.8) is 0 Å². The molecule has 0 aromatic carbocycles. The van der Waals surface area contributed by atoms with Crippen LogP contribution in [-0.2, 0) is 9.57 Å². The van der Waals surface area contributed by atoms with Crippen molar-refractivity contribution in [1.29, 1.82) is 0 Å². The number of quaternary nitrogens is 2. The first-order valence-electron chi connectivity index (χ1n) is 9.46. The molecular weight excluding hydrogens is 294 g/mol. The Kier molecular flexibility index (Phi) is 5.15. The Hall–Kier alpha value is -0.280. The van der Waals surface area contributed by atoms with Crippen LogP contribution in [0.3, 0.4) is 0 Å². The maximum atomic E-state index is 5.89. The Morgan fingerprint density at radius 2 is 2.04 bits per heavy atom. The number of likely N-dealkylation sites (N-methyl/N-ethyl adjacent to an activating group) is 1. The summed E-state index contributed by atoms with van der Waals surface area (Å²) < 4.78 is 5.47. The van der Waals surface area contributed by atoms with Crippen LogP contribution < -0.4 is 21.0 Å². The van der Waals surface area contributed by atoms with E-state index in [1.54, 1.807) is 4.90 Å². The van der Waals surface area contributed by atoms with Gasteiger partial charge < -0.3 is 15.0 Å². The SMILES string of the molecule is C[NH+]1CCC[C@H]1C1NC(C2CCC(N3CCOCC3)[NH2+]C2)NO1. The van der Waals surface area contributed by atoms with E-state index in [4.69, 9.17) is 9.57 Å². The Balaban J connectivity index is 1.24. The molecule has 0 aliphatic carbocycles. The van der Waals surface area contributed by atoms with Gasteiger partial charge in [-0.05, 0) is 6.42 Å². The highest BCUT2D eigenvalue weighted by Crippen LogP contribution is 2.20. The smallest absolute Gasteiger partial charge is 0.183 e. The fourth-order valence-electron chi connectivity index (χ4n) is 4.76. The van der Waals surface area contributed by atoms with Crippen LogP contribution in [0.2, 0.25) is 0 Å². The number of hydrogen-bond acceptors (Lipinski definition) is 5. The molecule has 0 spiro atoms. The molecule has 0 bridgehead atoms. The highest BCUT2D eigenvalue weighted by molar-refractivity contribution is 4.84. The van der Waals surface area contributed by atoms with Gasteiger partial charge in [-0.25, -0.2) is 4.90 Å². The largest absolute Gasteiger partial charge is 0.379 e. The first-order chi connectivity index (χ1) is 11.3. The summed E-state index contributed by atoms with van der Waals surface area (Å²) in [5.41, 5.74) is 3.29. The molecule has 4 heterocycles. The number of likely N-dealkylation sites (tertiary alicyclic amines) is 1. The third-order valence-corrected chi connectivity index (χ3v) is 6.28. The summed E-state index contributed by atoms with van der Waals surface area (Å²) >= 11 is 0. The minimum atomic E-state index is 0.180. The molecule has 132 valence electrons. The zero-order chi connectivity index (χ0) is 15.6. The molecule has 6 atom stereocenters. The van der Waals surface area contributed by atoms with Crippen LogP contribution >= 0.6 is 0 Å². The average molecular weight is 327 g/mol. The standard InChI is InChI=1S/C16H31N5O2/c1-20-6-2-3-13(20)16-18-15(19-23-16)12-4-5-14(17-11-12)21-7-9-22-10-8-21/h12-19H,2-11H2,1H3/p+2/t12?,13-,14?,15?,16?/m0/s1. The number of nitrogens with one attached hydrogen (secondary N) is 3. The summed E-state index contributed by atoms with van der Waals surface area (Å²) in [6.07, 6.45) is 6.28. The average Bonchev–Trinajstić information content (AvgIpc) is 3.24. The van der Waals surface area contributed by atoms with E-state index in [0.717, 1.165) is 26.3 Å². The summed E-state index contributed by atoms with van der Waals surface area (Å²) in [5.74, 6) is 0.652. The lowest BCUT2D eigenvalue weighted by Gasteiger charge is -2.37. The van der Waals surface area contributed by atoms with Crippen LogP contribution in [0.1, 0.15) is 25.7 Å². The molecule has 7 heteroatoms. The minimum absolute atomic E-state index is 0.180. The van der Waals surface area contributed by atoms with Crippen molar-refractivity contribution in [3.05, 3.63) is 0 Å². The van der Waals surface area contributed by atoms with Crippen molar-refractivity contribution >= 4 is 0 Å². The van der Waals surface area contributed by atoms with Crippen molar-refractivity contribution < 1.29 is 19.8 Å². The number of nitrogens with two attached hydrogens (primary N) is 1. The number of nitrogens with zero attached hydrogens (tertiary/aromatic N) is 1. The normalized spacial score (nSPS) is 46.3. The zero-order valence-electron chi connectivity index (χ0n) is 14.3. The van der Waals surface area contributed by atoms with Gasteiger partial charge in [0.15, 0.2) is 6.23 Å².